The summed E-state index contributed by atoms with van der Waals surface area (Å²) in [6.45, 7) is 2.20. The van der Waals surface area contributed by atoms with Crippen molar-refractivity contribution in [2.45, 2.75) is 19.8 Å². The fourth-order valence-electron chi connectivity index (χ4n) is 3.23. The van der Waals surface area contributed by atoms with E-state index in [0.29, 0.717) is 0 Å². The summed E-state index contributed by atoms with van der Waals surface area (Å²) in [4.78, 5) is 4.65. The van der Waals surface area contributed by atoms with Crippen LogP contribution < -0.4 is 0 Å². The largest absolute Gasteiger partial charge is 0.261 e. The lowest BCUT2D eigenvalue weighted by atomic mass is 9.95. The Bertz CT molecular complexity index is 918. The molecule has 0 spiro atoms. The fourth-order valence-corrected chi connectivity index (χ4v) is 3.23. The quantitative estimate of drug-likeness (QED) is 0.439. The highest BCUT2D eigenvalue weighted by Crippen LogP contribution is 2.34. The lowest BCUT2D eigenvalue weighted by molar-refractivity contribution is 0.886. The normalized spacial score (nSPS) is 11.5. The van der Waals surface area contributed by atoms with Gasteiger partial charge in [-0.3, -0.25) is 4.98 Å². The molecular formula is C20H17N. The average Bonchev–Trinajstić information content (AvgIpc) is 2.55. The van der Waals surface area contributed by atoms with E-state index in [2.05, 4.69) is 72.7 Å². The molecule has 0 aliphatic rings. The van der Waals surface area contributed by atoms with Crippen molar-refractivity contribution >= 4 is 32.3 Å². The molecule has 0 radical (unpaired) electrons. The molecule has 1 heterocycles. The summed E-state index contributed by atoms with van der Waals surface area (Å²) in [6.07, 6.45) is 4.22. The van der Waals surface area contributed by atoms with E-state index < -0.39 is 0 Å². The molecule has 0 saturated heterocycles. The third kappa shape index (κ3) is 1.89. The van der Waals surface area contributed by atoms with Gasteiger partial charge in [0.15, 0.2) is 0 Å². The van der Waals surface area contributed by atoms with E-state index in [9.17, 15) is 0 Å². The number of rotatable bonds is 2. The number of hydrogen-bond donors (Lipinski definition) is 0. The average molecular weight is 271 g/mol. The highest BCUT2D eigenvalue weighted by Gasteiger charge is 2.08. The number of aryl methyl sites for hydroxylation is 1. The first kappa shape index (κ1) is 12.3. The van der Waals surface area contributed by atoms with Crippen LogP contribution in [0.4, 0.5) is 0 Å². The standard InChI is InChI=1S/C20H17N/c1-2-7-14-12-19-17-10-5-3-8-15(17)16-9-4-6-11-18(16)20(19)13-21-14/h3-6,8-13H,2,7H2,1H3. The smallest absolute Gasteiger partial charge is 0.0410 e. The number of nitrogens with zero attached hydrogens (tertiary/aromatic N) is 1. The molecular weight excluding hydrogens is 254 g/mol. The summed E-state index contributed by atoms with van der Waals surface area (Å²) in [5.41, 5.74) is 1.19. The Balaban J connectivity index is 2.24. The molecule has 0 fully saturated rings. The van der Waals surface area contributed by atoms with Crippen molar-refractivity contribution in [2.24, 2.45) is 0 Å². The minimum Gasteiger partial charge on any atom is -0.261 e. The van der Waals surface area contributed by atoms with Crippen molar-refractivity contribution in [3.8, 4) is 0 Å². The maximum absolute atomic E-state index is 4.65. The molecule has 0 unspecified atom stereocenters. The van der Waals surface area contributed by atoms with Crippen LogP contribution in [0, 0.1) is 0 Å². The third-order valence-electron chi connectivity index (χ3n) is 4.19. The Morgan fingerprint density at radius 1 is 0.714 bits per heavy atom. The molecule has 0 aliphatic carbocycles. The molecule has 1 nitrogen and oxygen atoms in total. The van der Waals surface area contributed by atoms with Gasteiger partial charge in [-0.25, -0.2) is 0 Å². The number of fused-ring (bicyclic) bond motifs is 6. The zero-order chi connectivity index (χ0) is 14.2. The number of aromatic nitrogens is 1. The number of benzene rings is 3. The molecule has 4 rings (SSSR count). The van der Waals surface area contributed by atoms with Crippen molar-refractivity contribution in [3.63, 3.8) is 0 Å². The van der Waals surface area contributed by atoms with Crippen molar-refractivity contribution in [1.29, 1.82) is 0 Å². The Kier molecular flexibility index (Phi) is 2.85. The first-order chi connectivity index (χ1) is 10.4. The van der Waals surface area contributed by atoms with Gasteiger partial charge in [-0.1, -0.05) is 61.9 Å². The molecule has 0 N–H and O–H groups in total. The SMILES string of the molecule is CCCc1cc2c3ccccc3c3ccccc3c2cn1. The molecule has 4 aromatic rings. The van der Waals surface area contributed by atoms with Crippen LogP contribution in [0.2, 0.25) is 0 Å². The zero-order valence-corrected chi connectivity index (χ0v) is 12.1. The molecule has 1 aromatic heterocycles. The van der Waals surface area contributed by atoms with Crippen LogP contribution in [0.25, 0.3) is 32.3 Å². The Hall–Kier alpha value is -2.41. The lowest BCUT2D eigenvalue weighted by Gasteiger charge is -2.10. The number of hydrogen-bond acceptors (Lipinski definition) is 1. The molecule has 3 aromatic carbocycles. The maximum atomic E-state index is 4.65. The fraction of sp³-hybridized carbons (Fsp3) is 0.150. The van der Waals surface area contributed by atoms with Crippen LogP contribution >= 0.6 is 0 Å². The van der Waals surface area contributed by atoms with Gasteiger partial charge in [0.2, 0.25) is 0 Å². The van der Waals surface area contributed by atoms with Gasteiger partial charge in [0.25, 0.3) is 0 Å². The Labute approximate surface area is 124 Å². The molecule has 21 heavy (non-hydrogen) atoms. The molecule has 0 amide bonds. The van der Waals surface area contributed by atoms with Crippen LogP contribution in [-0.4, -0.2) is 4.98 Å². The van der Waals surface area contributed by atoms with Crippen LogP contribution in [0.1, 0.15) is 19.0 Å². The van der Waals surface area contributed by atoms with E-state index in [1.54, 1.807) is 0 Å². The third-order valence-corrected chi connectivity index (χ3v) is 4.19. The minimum absolute atomic E-state index is 1.04. The highest BCUT2D eigenvalue weighted by atomic mass is 14.7. The predicted octanol–water partition coefficient (Wildman–Crippen LogP) is 5.49. The second-order valence-corrected chi connectivity index (χ2v) is 5.56. The van der Waals surface area contributed by atoms with Crippen molar-refractivity contribution < 1.29 is 0 Å². The topological polar surface area (TPSA) is 12.9 Å². The van der Waals surface area contributed by atoms with Crippen LogP contribution in [-0.2, 0) is 6.42 Å². The molecule has 102 valence electrons. The first-order valence-corrected chi connectivity index (χ1v) is 7.56. The summed E-state index contributed by atoms with van der Waals surface area (Å²) in [6, 6.07) is 19.6. The second-order valence-electron chi connectivity index (χ2n) is 5.56. The maximum Gasteiger partial charge on any atom is 0.0410 e. The molecule has 0 bridgehead atoms. The molecule has 0 saturated carbocycles. The van der Waals surface area contributed by atoms with Gasteiger partial charge in [0.1, 0.15) is 0 Å². The van der Waals surface area contributed by atoms with Gasteiger partial charge in [-0.2, -0.15) is 0 Å². The monoisotopic (exact) mass is 271 g/mol. The van der Waals surface area contributed by atoms with Crippen molar-refractivity contribution in [1.82, 2.24) is 4.98 Å². The Morgan fingerprint density at radius 2 is 1.24 bits per heavy atom. The van der Waals surface area contributed by atoms with Gasteiger partial charge < -0.3 is 0 Å². The van der Waals surface area contributed by atoms with Crippen LogP contribution in [0.15, 0.2) is 60.8 Å². The van der Waals surface area contributed by atoms with E-state index >= 15 is 0 Å². The van der Waals surface area contributed by atoms with E-state index in [1.807, 2.05) is 0 Å². The van der Waals surface area contributed by atoms with Gasteiger partial charge >= 0.3 is 0 Å². The highest BCUT2D eigenvalue weighted by molar-refractivity contribution is 6.25. The van der Waals surface area contributed by atoms with Crippen molar-refractivity contribution in [3.05, 3.63) is 66.5 Å². The lowest BCUT2D eigenvalue weighted by Crippen LogP contribution is -1.90. The first-order valence-electron chi connectivity index (χ1n) is 7.56. The summed E-state index contributed by atoms with van der Waals surface area (Å²) in [7, 11) is 0. The van der Waals surface area contributed by atoms with E-state index in [0.717, 1.165) is 12.8 Å². The van der Waals surface area contributed by atoms with Crippen molar-refractivity contribution in [2.75, 3.05) is 0 Å². The van der Waals surface area contributed by atoms with Gasteiger partial charge in [-0.15, -0.1) is 0 Å². The second kappa shape index (κ2) is 4.85. The van der Waals surface area contributed by atoms with Crippen LogP contribution in [0.3, 0.4) is 0 Å². The molecule has 0 aliphatic heterocycles. The van der Waals surface area contributed by atoms with E-state index in [1.165, 1.54) is 38.0 Å². The molecule has 1 heteroatoms. The van der Waals surface area contributed by atoms with Crippen LogP contribution in [0.5, 0.6) is 0 Å². The van der Waals surface area contributed by atoms with Gasteiger partial charge in [0, 0.05) is 17.3 Å². The van der Waals surface area contributed by atoms with E-state index in [4.69, 9.17) is 0 Å². The summed E-state index contributed by atoms with van der Waals surface area (Å²) in [5, 5.41) is 7.83. The Morgan fingerprint density at radius 3 is 1.81 bits per heavy atom. The number of pyridine rings is 1. The van der Waals surface area contributed by atoms with Gasteiger partial charge in [0.05, 0.1) is 0 Å². The predicted molar refractivity (Wildman–Crippen MR) is 90.8 cm³/mol. The summed E-state index contributed by atoms with van der Waals surface area (Å²) >= 11 is 0. The summed E-state index contributed by atoms with van der Waals surface area (Å²) in [5.74, 6) is 0. The molecule has 0 atom stereocenters. The minimum atomic E-state index is 1.04. The zero-order valence-electron chi connectivity index (χ0n) is 12.1. The van der Waals surface area contributed by atoms with E-state index in [-0.39, 0.29) is 0 Å². The summed E-state index contributed by atoms with van der Waals surface area (Å²) < 4.78 is 0. The van der Waals surface area contributed by atoms with Gasteiger partial charge in [-0.05, 0) is 39.4 Å².